The van der Waals surface area contributed by atoms with Crippen molar-refractivity contribution in [3.8, 4) is 11.1 Å². The zero-order valence-corrected chi connectivity index (χ0v) is 16.3. The molecule has 2 aromatic carbocycles. The van der Waals surface area contributed by atoms with Gasteiger partial charge in [-0.05, 0) is 22.6 Å². The Morgan fingerprint density at radius 3 is 1.96 bits per heavy atom. The van der Waals surface area contributed by atoms with E-state index in [-0.39, 0.29) is 18.2 Å². The van der Waals surface area contributed by atoms with Crippen LogP contribution in [0.15, 0.2) is 54.6 Å². The lowest BCUT2D eigenvalue weighted by molar-refractivity contribution is -0.142. The minimum absolute atomic E-state index is 0.154. The van der Waals surface area contributed by atoms with Crippen LogP contribution in [-0.4, -0.2) is 35.0 Å². The molecule has 0 fully saturated rings. The summed E-state index contributed by atoms with van der Waals surface area (Å²) in [6.07, 6.45) is 0.154. The number of carboxylic acid groups (broad SMARTS) is 1. The third-order valence-corrected chi connectivity index (χ3v) is 4.42. The Morgan fingerprint density at radius 1 is 0.893 bits per heavy atom. The average Bonchev–Trinajstić information content (AvgIpc) is 2.66. The van der Waals surface area contributed by atoms with Crippen LogP contribution >= 0.6 is 0 Å². The lowest BCUT2D eigenvalue weighted by Gasteiger charge is -2.23. The molecule has 0 heterocycles. The summed E-state index contributed by atoms with van der Waals surface area (Å²) in [4.78, 5) is 35.4. The number of carboxylic acids is 1. The minimum atomic E-state index is -1.12. The number of amides is 2. The van der Waals surface area contributed by atoms with Gasteiger partial charge in [-0.15, -0.1) is 0 Å². The number of hydrogen-bond acceptors (Lipinski definition) is 3. The summed E-state index contributed by atoms with van der Waals surface area (Å²) in [5, 5.41) is 14.6. The minimum Gasteiger partial charge on any atom is -0.480 e. The van der Waals surface area contributed by atoms with Crippen molar-refractivity contribution in [3.63, 3.8) is 0 Å². The van der Waals surface area contributed by atoms with E-state index in [0.29, 0.717) is 0 Å². The van der Waals surface area contributed by atoms with Crippen molar-refractivity contribution in [2.45, 2.75) is 39.3 Å². The van der Waals surface area contributed by atoms with Gasteiger partial charge in [0, 0.05) is 13.3 Å². The summed E-state index contributed by atoms with van der Waals surface area (Å²) in [7, 11) is 0. The standard InChI is InChI=1S/C22H26N2O4/c1-14(2)20(23-15(3)25)21(26)24-19(22(27)28)13-16-9-11-18(12-10-16)17-7-5-4-6-8-17/h4-12,14,19-20H,13H2,1-3H3,(H,23,25)(H,24,26)(H,27,28)/t19-,20+/m0/s1. The predicted octanol–water partition coefficient (Wildman–Crippen LogP) is 2.63. The van der Waals surface area contributed by atoms with Crippen LogP contribution in [0.5, 0.6) is 0 Å². The lowest BCUT2D eigenvalue weighted by Crippen LogP contribution is -2.53. The maximum absolute atomic E-state index is 12.5. The van der Waals surface area contributed by atoms with Crippen molar-refractivity contribution < 1.29 is 19.5 Å². The summed E-state index contributed by atoms with van der Waals surface area (Å²) in [6.45, 7) is 4.90. The zero-order valence-electron chi connectivity index (χ0n) is 16.3. The van der Waals surface area contributed by atoms with Gasteiger partial charge in [0.25, 0.3) is 0 Å². The molecule has 2 amide bonds. The van der Waals surface area contributed by atoms with Crippen LogP contribution in [0.25, 0.3) is 11.1 Å². The SMILES string of the molecule is CC(=O)N[C@@H](C(=O)N[C@@H](Cc1ccc(-c2ccccc2)cc1)C(=O)O)C(C)C. The van der Waals surface area contributed by atoms with E-state index >= 15 is 0 Å². The fraction of sp³-hybridized carbons (Fsp3) is 0.318. The number of carbonyl (C=O) groups excluding carboxylic acids is 2. The summed E-state index contributed by atoms with van der Waals surface area (Å²) in [6, 6.07) is 15.6. The molecule has 0 aliphatic rings. The molecule has 0 aliphatic heterocycles. The van der Waals surface area contributed by atoms with Gasteiger partial charge in [0.05, 0.1) is 0 Å². The maximum atomic E-state index is 12.5. The molecule has 0 spiro atoms. The highest BCUT2D eigenvalue weighted by Gasteiger charge is 2.28. The highest BCUT2D eigenvalue weighted by Crippen LogP contribution is 2.19. The molecular formula is C22H26N2O4. The molecule has 148 valence electrons. The Hall–Kier alpha value is -3.15. The molecule has 0 unspecified atom stereocenters. The quantitative estimate of drug-likeness (QED) is 0.654. The third kappa shape index (κ3) is 5.94. The Balaban J connectivity index is 2.09. The summed E-state index contributed by atoms with van der Waals surface area (Å²) < 4.78 is 0. The summed E-state index contributed by atoms with van der Waals surface area (Å²) in [5.74, 6) is -2.12. The van der Waals surface area contributed by atoms with Crippen LogP contribution in [0.3, 0.4) is 0 Å². The van der Waals surface area contributed by atoms with E-state index in [1.807, 2.05) is 54.6 Å². The first-order valence-electron chi connectivity index (χ1n) is 9.22. The first-order chi connectivity index (χ1) is 13.3. The third-order valence-electron chi connectivity index (χ3n) is 4.42. The van der Waals surface area contributed by atoms with E-state index in [1.165, 1.54) is 6.92 Å². The van der Waals surface area contributed by atoms with Crippen LogP contribution in [0, 0.1) is 5.92 Å². The fourth-order valence-corrected chi connectivity index (χ4v) is 2.92. The Kier molecular flexibility index (Phi) is 7.32. The summed E-state index contributed by atoms with van der Waals surface area (Å²) in [5.41, 5.74) is 2.91. The van der Waals surface area contributed by atoms with Crippen molar-refractivity contribution >= 4 is 17.8 Å². The topological polar surface area (TPSA) is 95.5 Å². The van der Waals surface area contributed by atoms with E-state index in [2.05, 4.69) is 10.6 Å². The van der Waals surface area contributed by atoms with Gasteiger partial charge < -0.3 is 15.7 Å². The van der Waals surface area contributed by atoms with Gasteiger partial charge in [0.15, 0.2) is 0 Å². The van der Waals surface area contributed by atoms with E-state index in [4.69, 9.17) is 0 Å². The van der Waals surface area contributed by atoms with Gasteiger partial charge in [0.1, 0.15) is 12.1 Å². The van der Waals surface area contributed by atoms with Crippen LogP contribution in [0.1, 0.15) is 26.3 Å². The van der Waals surface area contributed by atoms with E-state index in [9.17, 15) is 19.5 Å². The zero-order chi connectivity index (χ0) is 20.7. The predicted molar refractivity (Wildman–Crippen MR) is 108 cm³/mol. The number of aliphatic carboxylic acids is 1. The number of hydrogen-bond donors (Lipinski definition) is 3. The van der Waals surface area contributed by atoms with E-state index in [0.717, 1.165) is 16.7 Å². The number of nitrogens with one attached hydrogen (secondary N) is 2. The second kappa shape index (κ2) is 9.69. The Bertz CT molecular complexity index is 816. The fourth-order valence-electron chi connectivity index (χ4n) is 2.92. The van der Waals surface area contributed by atoms with Crippen molar-refractivity contribution in [3.05, 3.63) is 60.2 Å². The average molecular weight is 382 g/mol. The second-order valence-corrected chi connectivity index (χ2v) is 7.09. The molecular weight excluding hydrogens is 356 g/mol. The monoisotopic (exact) mass is 382 g/mol. The van der Waals surface area contributed by atoms with Crippen molar-refractivity contribution in [1.82, 2.24) is 10.6 Å². The highest BCUT2D eigenvalue weighted by molar-refractivity contribution is 5.90. The van der Waals surface area contributed by atoms with E-state index < -0.39 is 24.0 Å². The van der Waals surface area contributed by atoms with Crippen LogP contribution in [-0.2, 0) is 20.8 Å². The molecule has 6 nitrogen and oxygen atoms in total. The molecule has 2 rings (SSSR count). The maximum Gasteiger partial charge on any atom is 0.326 e. The first kappa shape index (κ1) is 21.2. The molecule has 2 atom stereocenters. The van der Waals surface area contributed by atoms with Gasteiger partial charge in [0.2, 0.25) is 11.8 Å². The van der Waals surface area contributed by atoms with E-state index in [1.54, 1.807) is 13.8 Å². The number of carbonyl (C=O) groups is 3. The van der Waals surface area contributed by atoms with Gasteiger partial charge in [-0.25, -0.2) is 4.79 Å². The molecule has 0 saturated heterocycles. The lowest BCUT2D eigenvalue weighted by atomic mass is 9.99. The Labute approximate surface area is 165 Å². The summed E-state index contributed by atoms with van der Waals surface area (Å²) >= 11 is 0. The molecule has 0 saturated carbocycles. The first-order valence-corrected chi connectivity index (χ1v) is 9.22. The molecule has 6 heteroatoms. The molecule has 0 aliphatic carbocycles. The molecule has 0 bridgehead atoms. The van der Waals surface area contributed by atoms with Crippen LogP contribution < -0.4 is 10.6 Å². The molecule has 3 N–H and O–H groups in total. The van der Waals surface area contributed by atoms with Crippen LogP contribution in [0.4, 0.5) is 0 Å². The smallest absolute Gasteiger partial charge is 0.326 e. The van der Waals surface area contributed by atoms with Gasteiger partial charge in [-0.1, -0.05) is 68.4 Å². The molecule has 0 aromatic heterocycles. The van der Waals surface area contributed by atoms with Crippen molar-refractivity contribution in [1.29, 1.82) is 0 Å². The molecule has 0 radical (unpaired) electrons. The molecule has 2 aromatic rings. The van der Waals surface area contributed by atoms with Crippen molar-refractivity contribution in [2.24, 2.45) is 5.92 Å². The molecule has 28 heavy (non-hydrogen) atoms. The Morgan fingerprint density at radius 2 is 1.46 bits per heavy atom. The van der Waals surface area contributed by atoms with Crippen LogP contribution in [0.2, 0.25) is 0 Å². The number of benzene rings is 2. The second-order valence-electron chi connectivity index (χ2n) is 7.09. The van der Waals surface area contributed by atoms with Gasteiger partial charge in [-0.3, -0.25) is 9.59 Å². The number of rotatable bonds is 8. The largest absolute Gasteiger partial charge is 0.480 e. The normalized spacial score (nSPS) is 12.9. The van der Waals surface area contributed by atoms with Gasteiger partial charge >= 0.3 is 5.97 Å². The van der Waals surface area contributed by atoms with Gasteiger partial charge in [-0.2, -0.15) is 0 Å². The van der Waals surface area contributed by atoms with Crippen molar-refractivity contribution in [2.75, 3.05) is 0 Å². The highest BCUT2D eigenvalue weighted by atomic mass is 16.4.